The molecule has 0 amide bonds. The Balaban J connectivity index is 2.75. The summed E-state index contributed by atoms with van der Waals surface area (Å²) in [5.41, 5.74) is 0. The van der Waals surface area contributed by atoms with Crippen molar-refractivity contribution in [3.63, 3.8) is 0 Å². The SMILES string of the molecule is CCCN(C)c1cccc(NC)n1. The van der Waals surface area contributed by atoms with E-state index in [0.717, 1.165) is 24.6 Å². The Morgan fingerprint density at radius 1 is 1.46 bits per heavy atom. The van der Waals surface area contributed by atoms with Crippen LogP contribution in [0.1, 0.15) is 13.3 Å². The van der Waals surface area contributed by atoms with Gasteiger partial charge >= 0.3 is 0 Å². The molecular formula is C10H17N3. The second-order valence-electron chi connectivity index (χ2n) is 3.05. The minimum atomic E-state index is 0.917. The second-order valence-corrected chi connectivity index (χ2v) is 3.05. The van der Waals surface area contributed by atoms with Crippen LogP contribution in [-0.4, -0.2) is 25.6 Å². The zero-order valence-corrected chi connectivity index (χ0v) is 8.54. The fourth-order valence-corrected chi connectivity index (χ4v) is 1.23. The average Bonchev–Trinajstić information content (AvgIpc) is 2.18. The van der Waals surface area contributed by atoms with Gasteiger partial charge in [-0.05, 0) is 18.6 Å². The highest BCUT2D eigenvalue weighted by Gasteiger charge is 2.00. The van der Waals surface area contributed by atoms with E-state index in [1.807, 2.05) is 25.2 Å². The smallest absolute Gasteiger partial charge is 0.130 e. The maximum absolute atomic E-state index is 4.42. The quantitative estimate of drug-likeness (QED) is 0.766. The molecule has 0 saturated heterocycles. The largest absolute Gasteiger partial charge is 0.373 e. The molecule has 0 saturated carbocycles. The molecule has 1 aromatic rings. The lowest BCUT2D eigenvalue weighted by Crippen LogP contribution is -2.19. The Hall–Kier alpha value is -1.25. The molecule has 0 spiro atoms. The Morgan fingerprint density at radius 3 is 2.85 bits per heavy atom. The van der Waals surface area contributed by atoms with Crippen molar-refractivity contribution < 1.29 is 0 Å². The van der Waals surface area contributed by atoms with Crippen molar-refractivity contribution >= 4 is 11.6 Å². The predicted octanol–water partition coefficient (Wildman–Crippen LogP) is 1.97. The number of pyridine rings is 1. The molecule has 1 aromatic heterocycles. The van der Waals surface area contributed by atoms with Crippen LogP contribution in [0.15, 0.2) is 18.2 Å². The van der Waals surface area contributed by atoms with Crippen LogP contribution in [-0.2, 0) is 0 Å². The van der Waals surface area contributed by atoms with Gasteiger partial charge in [-0.3, -0.25) is 0 Å². The molecule has 1 heterocycles. The van der Waals surface area contributed by atoms with Crippen LogP contribution in [0.25, 0.3) is 0 Å². The number of aromatic nitrogens is 1. The van der Waals surface area contributed by atoms with Gasteiger partial charge in [0.05, 0.1) is 0 Å². The number of nitrogens with zero attached hydrogens (tertiary/aromatic N) is 2. The fourth-order valence-electron chi connectivity index (χ4n) is 1.23. The Labute approximate surface area is 79.8 Å². The van der Waals surface area contributed by atoms with Crippen molar-refractivity contribution in [3.05, 3.63) is 18.2 Å². The van der Waals surface area contributed by atoms with E-state index in [1.165, 1.54) is 0 Å². The molecule has 0 unspecified atom stereocenters. The standard InChI is InChI=1S/C10H17N3/c1-4-8-13(3)10-7-5-6-9(11-2)12-10/h5-7H,4,8H2,1-3H3,(H,11,12). The highest BCUT2D eigenvalue weighted by molar-refractivity contribution is 5.46. The number of rotatable bonds is 4. The van der Waals surface area contributed by atoms with Gasteiger partial charge in [-0.1, -0.05) is 13.0 Å². The molecule has 13 heavy (non-hydrogen) atoms. The molecule has 3 heteroatoms. The van der Waals surface area contributed by atoms with Gasteiger partial charge in [0.2, 0.25) is 0 Å². The first-order valence-electron chi connectivity index (χ1n) is 4.64. The molecule has 1 N–H and O–H groups in total. The Kier molecular flexibility index (Phi) is 3.55. The summed E-state index contributed by atoms with van der Waals surface area (Å²) < 4.78 is 0. The topological polar surface area (TPSA) is 28.2 Å². The third kappa shape index (κ3) is 2.61. The molecule has 0 radical (unpaired) electrons. The third-order valence-electron chi connectivity index (χ3n) is 1.94. The van der Waals surface area contributed by atoms with Gasteiger partial charge in [-0.2, -0.15) is 0 Å². The molecule has 1 rings (SSSR count). The molecule has 0 aliphatic heterocycles. The van der Waals surface area contributed by atoms with Crippen molar-refractivity contribution in [2.24, 2.45) is 0 Å². The predicted molar refractivity (Wildman–Crippen MR) is 57.3 cm³/mol. The van der Waals surface area contributed by atoms with E-state index in [4.69, 9.17) is 0 Å². The van der Waals surface area contributed by atoms with Crippen molar-refractivity contribution in [3.8, 4) is 0 Å². The van der Waals surface area contributed by atoms with Crippen LogP contribution in [0.3, 0.4) is 0 Å². The van der Waals surface area contributed by atoms with Crippen LogP contribution < -0.4 is 10.2 Å². The summed E-state index contributed by atoms with van der Waals surface area (Å²) in [5, 5.41) is 3.03. The molecule has 0 bridgehead atoms. The molecule has 72 valence electrons. The molecule has 0 aromatic carbocycles. The van der Waals surface area contributed by atoms with E-state index in [1.54, 1.807) is 0 Å². The first kappa shape index (κ1) is 9.84. The van der Waals surface area contributed by atoms with Gasteiger partial charge in [-0.15, -0.1) is 0 Å². The van der Waals surface area contributed by atoms with Crippen LogP contribution >= 0.6 is 0 Å². The van der Waals surface area contributed by atoms with E-state index in [0.29, 0.717) is 0 Å². The third-order valence-corrected chi connectivity index (χ3v) is 1.94. The molecular weight excluding hydrogens is 162 g/mol. The van der Waals surface area contributed by atoms with E-state index < -0.39 is 0 Å². The van der Waals surface area contributed by atoms with E-state index in [-0.39, 0.29) is 0 Å². The number of hydrogen-bond acceptors (Lipinski definition) is 3. The first-order chi connectivity index (χ1) is 6.27. The zero-order chi connectivity index (χ0) is 9.68. The minimum absolute atomic E-state index is 0.917. The molecule has 0 atom stereocenters. The summed E-state index contributed by atoms with van der Waals surface area (Å²) in [4.78, 5) is 6.58. The van der Waals surface area contributed by atoms with Crippen LogP contribution in [0.5, 0.6) is 0 Å². The normalized spacial score (nSPS) is 9.77. The number of anilines is 2. The summed E-state index contributed by atoms with van der Waals surface area (Å²) in [7, 11) is 3.94. The van der Waals surface area contributed by atoms with E-state index in [2.05, 4.69) is 29.2 Å². The van der Waals surface area contributed by atoms with Crippen molar-refractivity contribution in [2.45, 2.75) is 13.3 Å². The molecule has 0 aliphatic carbocycles. The maximum atomic E-state index is 4.42. The first-order valence-corrected chi connectivity index (χ1v) is 4.64. The monoisotopic (exact) mass is 179 g/mol. The molecule has 3 nitrogen and oxygen atoms in total. The van der Waals surface area contributed by atoms with Crippen molar-refractivity contribution in [2.75, 3.05) is 30.9 Å². The highest BCUT2D eigenvalue weighted by atomic mass is 15.2. The molecule has 0 fully saturated rings. The Bertz CT molecular complexity index is 260. The van der Waals surface area contributed by atoms with E-state index >= 15 is 0 Å². The average molecular weight is 179 g/mol. The van der Waals surface area contributed by atoms with Gasteiger partial charge in [0.1, 0.15) is 11.6 Å². The minimum Gasteiger partial charge on any atom is -0.373 e. The van der Waals surface area contributed by atoms with Crippen molar-refractivity contribution in [1.29, 1.82) is 0 Å². The van der Waals surface area contributed by atoms with E-state index in [9.17, 15) is 0 Å². The summed E-state index contributed by atoms with van der Waals surface area (Å²) in [6.07, 6.45) is 1.14. The zero-order valence-electron chi connectivity index (χ0n) is 8.54. The van der Waals surface area contributed by atoms with Gasteiger partial charge in [0, 0.05) is 20.6 Å². The summed E-state index contributed by atoms with van der Waals surface area (Å²) in [6.45, 7) is 3.21. The lowest BCUT2D eigenvalue weighted by molar-refractivity contribution is 0.838. The van der Waals surface area contributed by atoms with Crippen LogP contribution in [0.4, 0.5) is 11.6 Å². The number of hydrogen-bond donors (Lipinski definition) is 1. The number of nitrogens with one attached hydrogen (secondary N) is 1. The van der Waals surface area contributed by atoms with Crippen LogP contribution in [0, 0.1) is 0 Å². The lowest BCUT2D eigenvalue weighted by Gasteiger charge is -2.17. The Morgan fingerprint density at radius 2 is 2.23 bits per heavy atom. The summed E-state index contributed by atoms with van der Waals surface area (Å²) >= 11 is 0. The van der Waals surface area contributed by atoms with Crippen LogP contribution in [0.2, 0.25) is 0 Å². The maximum Gasteiger partial charge on any atom is 0.130 e. The molecule has 0 aliphatic rings. The fraction of sp³-hybridized carbons (Fsp3) is 0.500. The van der Waals surface area contributed by atoms with Gasteiger partial charge in [-0.25, -0.2) is 4.98 Å². The highest BCUT2D eigenvalue weighted by Crippen LogP contribution is 2.12. The van der Waals surface area contributed by atoms with Gasteiger partial charge in [0.25, 0.3) is 0 Å². The van der Waals surface area contributed by atoms with Crippen molar-refractivity contribution in [1.82, 2.24) is 4.98 Å². The lowest BCUT2D eigenvalue weighted by atomic mass is 10.4. The van der Waals surface area contributed by atoms with Gasteiger partial charge < -0.3 is 10.2 Å². The van der Waals surface area contributed by atoms with Gasteiger partial charge in [0.15, 0.2) is 0 Å². The summed E-state index contributed by atoms with van der Waals surface area (Å²) in [5.74, 6) is 1.94. The second kappa shape index (κ2) is 4.70. The summed E-state index contributed by atoms with van der Waals surface area (Å²) in [6, 6.07) is 6.00.